The molecule has 6 rings (SSSR count). The van der Waals surface area contributed by atoms with Gasteiger partial charge in [-0.15, -0.1) is 0 Å². The number of esters is 1. The number of aromatic nitrogens is 4. The van der Waals surface area contributed by atoms with Gasteiger partial charge in [0.05, 0.1) is 36.4 Å². The average Bonchev–Trinajstić information content (AvgIpc) is 3.54. The zero-order chi connectivity index (χ0) is 33.2. The van der Waals surface area contributed by atoms with E-state index in [1.165, 1.54) is 7.11 Å². The molecule has 0 bridgehead atoms. The molecular weight excluding hydrogens is 694 g/mol. The molecule has 0 radical (unpaired) electrons. The number of rotatable bonds is 9. The second-order valence-corrected chi connectivity index (χ2v) is 12.4. The van der Waals surface area contributed by atoms with Gasteiger partial charge in [0.25, 0.3) is 6.43 Å². The smallest absolute Gasteiger partial charge is 0.310 e. The molecular formula is C34H30BrClF2N6O3. The number of nitrogens with zero attached hydrogens (tertiary/aromatic N) is 5. The maximum atomic E-state index is 13.7. The first-order chi connectivity index (χ1) is 22.7. The Morgan fingerprint density at radius 3 is 2.62 bits per heavy atom. The molecule has 0 saturated carbocycles. The number of nitrogens with one attached hydrogen (secondary N) is 1. The molecule has 0 aliphatic carbocycles. The van der Waals surface area contributed by atoms with Gasteiger partial charge in [-0.1, -0.05) is 48.0 Å². The first-order valence-electron chi connectivity index (χ1n) is 14.8. The van der Waals surface area contributed by atoms with E-state index >= 15 is 0 Å². The maximum absolute atomic E-state index is 13.7. The highest BCUT2D eigenvalue weighted by atomic mass is 79.9. The Bertz CT molecular complexity index is 1980. The maximum Gasteiger partial charge on any atom is 0.310 e. The number of methoxy groups -OCH3 is 2. The molecule has 47 heavy (non-hydrogen) atoms. The fraction of sp³-hybridized carbons (Fsp3) is 0.265. The molecule has 1 N–H and O–H groups in total. The van der Waals surface area contributed by atoms with Crippen molar-refractivity contribution >= 4 is 56.0 Å². The number of alkyl halides is 2. The number of carbonyl (C=O) groups is 1. The van der Waals surface area contributed by atoms with Crippen molar-refractivity contribution in [3.05, 3.63) is 87.2 Å². The molecule has 0 spiro atoms. The van der Waals surface area contributed by atoms with Crippen molar-refractivity contribution in [1.82, 2.24) is 24.8 Å². The normalized spacial score (nSPS) is 14.9. The van der Waals surface area contributed by atoms with Crippen LogP contribution in [0.4, 0.5) is 20.3 Å². The van der Waals surface area contributed by atoms with Gasteiger partial charge >= 0.3 is 5.97 Å². The number of anilines is 2. The first-order valence-corrected chi connectivity index (χ1v) is 15.9. The number of hydrogen-bond donors (Lipinski definition) is 1. The topological polar surface area (TPSA) is 102 Å². The van der Waals surface area contributed by atoms with Gasteiger partial charge in [-0.3, -0.25) is 9.69 Å². The van der Waals surface area contributed by atoms with Crippen molar-refractivity contribution in [2.24, 2.45) is 5.92 Å². The van der Waals surface area contributed by atoms with Crippen LogP contribution in [0.3, 0.4) is 0 Å². The SMILES string of the molecule is COC(=O)[C@@H]1CCN(Cc2ccc(-c3cccc(-c4cccc(Nc5nc(C(F)F)nc6cc(Br)cnc56)c4C)c3Cl)nc2OC)C1. The van der Waals surface area contributed by atoms with Gasteiger partial charge in [-0.25, -0.2) is 28.7 Å². The van der Waals surface area contributed by atoms with Gasteiger partial charge in [0.15, 0.2) is 11.6 Å². The highest BCUT2D eigenvalue weighted by molar-refractivity contribution is 9.10. The van der Waals surface area contributed by atoms with E-state index in [1.54, 1.807) is 19.4 Å². The fourth-order valence-electron chi connectivity index (χ4n) is 5.82. The van der Waals surface area contributed by atoms with Gasteiger partial charge in [0, 0.05) is 46.1 Å². The molecule has 1 aliphatic rings. The minimum atomic E-state index is -2.85. The monoisotopic (exact) mass is 722 g/mol. The van der Waals surface area contributed by atoms with E-state index in [-0.39, 0.29) is 23.2 Å². The van der Waals surface area contributed by atoms with Crippen LogP contribution in [0.5, 0.6) is 5.88 Å². The summed E-state index contributed by atoms with van der Waals surface area (Å²) >= 11 is 10.4. The largest absolute Gasteiger partial charge is 0.481 e. The standard InChI is InChI=1S/C34H30BrClF2N6O3/c1-18-22(6-5-9-25(18)40-31-29-27(14-21(35)15-39-29)41-32(43-31)30(37)38)23-7-4-8-24(28(23)36)26-11-10-19(33(42-26)46-2)16-44-13-12-20(17-44)34(45)47-3/h4-11,14-15,20,30H,12-13,16-17H2,1-3H3,(H,40,41,43)/t20-/m1/s1. The number of hydrogen-bond acceptors (Lipinski definition) is 9. The Hall–Kier alpha value is -4.26. The van der Waals surface area contributed by atoms with Gasteiger partial charge in [0.1, 0.15) is 5.52 Å². The molecule has 13 heteroatoms. The molecule has 1 aliphatic heterocycles. The van der Waals surface area contributed by atoms with Crippen molar-refractivity contribution in [2.75, 3.05) is 32.6 Å². The van der Waals surface area contributed by atoms with Gasteiger partial charge in [-0.05, 0) is 65.1 Å². The molecule has 1 saturated heterocycles. The highest BCUT2D eigenvalue weighted by Crippen LogP contribution is 2.40. The number of halogens is 4. The average molecular weight is 724 g/mol. The van der Waals surface area contributed by atoms with Crippen molar-refractivity contribution in [3.8, 4) is 28.3 Å². The number of ether oxygens (including phenoxy) is 2. The summed E-state index contributed by atoms with van der Waals surface area (Å²) in [6.45, 7) is 3.90. The van der Waals surface area contributed by atoms with Crippen molar-refractivity contribution in [1.29, 1.82) is 0 Å². The van der Waals surface area contributed by atoms with Crippen molar-refractivity contribution < 1.29 is 23.0 Å². The highest BCUT2D eigenvalue weighted by Gasteiger charge is 2.29. The quantitative estimate of drug-likeness (QED) is 0.151. The minimum absolute atomic E-state index is 0.133. The van der Waals surface area contributed by atoms with Crippen LogP contribution in [-0.4, -0.2) is 58.1 Å². The lowest BCUT2D eigenvalue weighted by Crippen LogP contribution is -2.24. The Kier molecular flexibility index (Phi) is 9.62. The summed E-state index contributed by atoms with van der Waals surface area (Å²) in [6.07, 6.45) is -0.538. The molecule has 2 aromatic carbocycles. The molecule has 4 heterocycles. The number of carbonyl (C=O) groups excluding carboxylic acids is 1. The number of pyridine rings is 2. The van der Waals surface area contributed by atoms with E-state index in [9.17, 15) is 13.6 Å². The summed E-state index contributed by atoms with van der Waals surface area (Å²) in [5.41, 5.74) is 5.99. The molecule has 242 valence electrons. The van der Waals surface area contributed by atoms with Crippen LogP contribution in [0.1, 0.15) is 29.8 Å². The van der Waals surface area contributed by atoms with Gasteiger partial charge in [-0.2, -0.15) is 0 Å². The van der Waals surface area contributed by atoms with Crippen molar-refractivity contribution in [3.63, 3.8) is 0 Å². The zero-order valence-electron chi connectivity index (χ0n) is 25.7. The fourth-order valence-corrected chi connectivity index (χ4v) is 6.46. The molecule has 9 nitrogen and oxygen atoms in total. The van der Waals surface area contributed by atoms with Crippen LogP contribution in [0.2, 0.25) is 5.02 Å². The first kappa shape index (κ1) is 32.7. The second-order valence-electron chi connectivity index (χ2n) is 11.1. The van der Waals surface area contributed by atoms with E-state index in [0.29, 0.717) is 45.4 Å². The molecule has 0 unspecified atom stereocenters. The Morgan fingerprint density at radius 2 is 1.85 bits per heavy atom. The molecule has 1 atom stereocenters. The van der Waals surface area contributed by atoms with Crippen LogP contribution in [0.25, 0.3) is 33.4 Å². The Labute approximate surface area is 283 Å². The van der Waals surface area contributed by atoms with Crippen LogP contribution in [0.15, 0.2) is 65.3 Å². The number of likely N-dealkylation sites (tertiary alicyclic amines) is 1. The third-order valence-corrected chi connectivity index (χ3v) is 9.04. The van der Waals surface area contributed by atoms with Crippen LogP contribution in [-0.2, 0) is 16.1 Å². The summed E-state index contributed by atoms with van der Waals surface area (Å²) in [4.78, 5) is 31.4. The van der Waals surface area contributed by atoms with E-state index in [0.717, 1.165) is 40.8 Å². The summed E-state index contributed by atoms with van der Waals surface area (Å²) in [7, 11) is 2.99. The number of benzene rings is 2. The summed E-state index contributed by atoms with van der Waals surface area (Å²) in [5, 5.41) is 3.70. The predicted octanol–water partition coefficient (Wildman–Crippen LogP) is 8.16. The Morgan fingerprint density at radius 1 is 1.09 bits per heavy atom. The Balaban J connectivity index is 1.30. The summed E-state index contributed by atoms with van der Waals surface area (Å²) in [6, 6.07) is 16.9. The van der Waals surface area contributed by atoms with Gasteiger partial charge < -0.3 is 14.8 Å². The van der Waals surface area contributed by atoms with E-state index < -0.39 is 12.2 Å². The third kappa shape index (κ3) is 6.76. The lowest BCUT2D eigenvalue weighted by atomic mass is 9.96. The van der Waals surface area contributed by atoms with Crippen LogP contribution < -0.4 is 10.1 Å². The third-order valence-electron chi connectivity index (χ3n) is 8.20. The molecule has 5 aromatic rings. The second kappa shape index (κ2) is 13.8. The lowest BCUT2D eigenvalue weighted by molar-refractivity contribution is -0.144. The number of fused-ring (bicyclic) bond motifs is 1. The summed E-state index contributed by atoms with van der Waals surface area (Å²) in [5.74, 6) is -0.263. The molecule has 1 fully saturated rings. The lowest BCUT2D eigenvalue weighted by Gasteiger charge is -2.18. The predicted molar refractivity (Wildman–Crippen MR) is 180 cm³/mol. The van der Waals surface area contributed by atoms with Crippen molar-refractivity contribution in [2.45, 2.75) is 26.3 Å². The molecule has 3 aromatic heterocycles. The van der Waals surface area contributed by atoms with Crippen LogP contribution >= 0.6 is 27.5 Å². The minimum Gasteiger partial charge on any atom is -0.481 e. The molecule has 0 amide bonds. The van der Waals surface area contributed by atoms with Gasteiger partial charge in [0.2, 0.25) is 5.88 Å². The van der Waals surface area contributed by atoms with Crippen LogP contribution in [0, 0.1) is 12.8 Å². The van der Waals surface area contributed by atoms with E-state index in [4.69, 9.17) is 26.1 Å². The summed E-state index contributed by atoms with van der Waals surface area (Å²) < 4.78 is 38.6. The van der Waals surface area contributed by atoms with E-state index in [2.05, 4.69) is 41.1 Å². The zero-order valence-corrected chi connectivity index (χ0v) is 28.1. The van der Waals surface area contributed by atoms with E-state index in [1.807, 2.05) is 55.5 Å².